The van der Waals surface area contributed by atoms with Gasteiger partial charge in [0.25, 0.3) is 5.91 Å². The van der Waals surface area contributed by atoms with Crippen molar-refractivity contribution in [3.05, 3.63) is 70.2 Å². The summed E-state index contributed by atoms with van der Waals surface area (Å²) in [5.74, 6) is 1.06. The minimum absolute atomic E-state index is 0.116. The molecule has 5 rings (SSSR count). The van der Waals surface area contributed by atoms with Gasteiger partial charge in [-0.15, -0.1) is 0 Å². The highest BCUT2D eigenvalue weighted by molar-refractivity contribution is 7.80. The van der Waals surface area contributed by atoms with E-state index in [1.165, 1.54) is 0 Å². The van der Waals surface area contributed by atoms with Gasteiger partial charge in [-0.2, -0.15) is 0 Å². The quantitative estimate of drug-likeness (QED) is 0.362. The van der Waals surface area contributed by atoms with Crippen molar-refractivity contribution < 1.29 is 18.7 Å². The van der Waals surface area contributed by atoms with Gasteiger partial charge in [-0.1, -0.05) is 23.2 Å². The molecule has 1 aromatic heterocycles. The van der Waals surface area contributed by atoms with E-state index in [-0.39, 0.29) is 17.8 Å². The third-order valence-corrected chi connectivity index (χ3v) is 5.43. The van der Waals surface area contributed by atoms with E-state index in [2.05, 4.69) is 15.6 Å². The second kappa shape index (κ2) is 8.31. The summed E-state index contributed by atoms with van der Waals surface area (Å²) in [6.07, 6.45) is 0. The van der Waals surface area contributed by atoms with Crippen LogP contribution in [-0.2, 0) is 0 Å². The Morgan fingerprint density at radius 2 is 1.84 bits per heavy atom. The van der Waals surface area contributed by atoms with Gasteiger partial charge in [0.05, 0.1) is 10.6 Å². The number of carbonyl (C=O) groups excluding carboxylic acids is 1. The van der Waals surface area contributed by atoms with Crippen molar-refractivity contribution in [1.29, 1.82) is 0 Å². The van der Waals surface area contributed by atoms with Crippen LogP contribution in [0.3, 0.4) is 0 Å². The number of anilines is 1. The van der Waals surface area contributed by atoms with Gasteiger partial charge in [-0.3, -0.25) is 10.1 Å². The molecule has 7 nitrogen and oxygen atoms in total. The number of nitrogens with one attached hydrogen (secondary N) is 2. The first-order valence-electron chi connectivity index (χ1n) is 9.34. The Hall–Kier alpha value is -3.33. The fraction of sp³-hybridized carbons (Fsp3) is 0.0455. The molecule has 1 aliphatic rings. The van der Waals surface area contributed by atoms with Crippen molar-refractivity contribution in [3.63, 3.8) is 0 Å². The van der Waals surface area contributed by atoms with E-state index in [1.54, 1.807) is 54.6 Å². The average molecular weight is 486 g/mol. The first kappa shape index (κ1) is 20.6. The van der Waals surface area contributed by atoms with E-state index in [4.69, 9.17) is 49.3 Å². The molecule has 0 spiro atoms. The lowest BCUT2D eigenvalue weighted by molar-refractivity contribution is 0.0977. The van der Waals surface area contributed by atoms with Crippen LogP contribution in [0.4, 0.5) is 5.69 Å². The predicted molar refractivity (Wildman–Crippen MR) is 126 cm³/mol. The van der Waals surface area contributed by atoms with E-state index in [0.717, 1.165) is 0 Å². The van der Waals surface area contributed by atoms with Crippen molar-refractivity contribution >= 4 is 63.2 Å². The molecule has 2 heterocycles. The summed E-state index contributed by atoms with van der Waals surface area (Å²) < 4.78 is 16.4. The van der Waals surface area contributed by atoms with E-state index >= 15 is 0 Å². The first-order valence-corrected chi connectivity index (χ1v) is 10.5. The van der Waals surface area contributed by atoms with Crippen molar-refractivity contribution in [2.75, 3.05) is 12.1 Å². The zero-order valence-electron chi connectivity index (χ0n) is 16.1. The lowest BCUT2D eigenvalue weighted by Crippen LogP contribution is -2.34. The molecular formula is C22H13Cl2N3O4S. The van der Waals surface area contributed by atoms with Gasteiger partial charge in [0.2, 0.25) is 12.7 Å². The van der Waals surface area contributed by atoms with E-state index in [9.17, 15) is 4.79 Å². The smallest absolute Gasteiger partial charge is 0.257 e. The molecule has 10 heteroatoms. The summed E-state index contributed by atoms with van der Waals surface area (Å²) in [5.41, 5.74) is 2.76. The van der Waals surface area contributed by atoms with Crippen LogP contribution in [0.1, 0.15) is 10.4 Å². The lowest BCUT2D eigenvalue weighted by Gasteiger charge is -2.11. The molecule has 0 aliphatic carbocycles. The van der Waals surface area contributed by atoms with Crippen LogP contribution >= 0.6 is 35.4 Å². The zero-order chi connectivity index (χ0) is 22.2. The largest absolute Gasteiger partial charge is 0.454 e. The molecule has 1 aliphatic heterocycles. The molecular weight excluding hydrogens is 473 g/mol. The number of fused-ring (bicyclic) bond motifs is 2. The number of carbonyl (C=O) groups is 1. The molecule has 0 bridgehead atoms. The van der Waals surface area contributed by atoms with Gasteiger partial charge in [0.15, 0.2) is 22.2 Å². The van der Waals surface area contributed by atoms with Crippen LogP contribution < -0.4 is 20.1 Å². The molecule has 0 unspecified atom stereocenters. The molecule has 2 N–H and O–H groups in total. The molecule has 0 saturated heterocycles. The number of rotatable bonds is 3. The summed E-state index contributed by atoms with van der Waals surface area (Å²) in [6.45, 7) is 0.131. The standard InChI is InChI=1S/C22H13Cl2N3O4S/c23-12-2-6-17-16(8-12)26-21(31-17)14-9-13(3-4-15(14)24)25-22(32)27-20(28)11-1-5-18-19(7-11)30-10-29-18/h1-9H,10H2,(H2,25,27,28,32). The van der Waals surface area contributed by atoms with E-state index < -0.39 is 0 Å². The van der Waals surface area contributed by atoms with E-state index in [1.807, 2.05) is 0 Å². The van der Waals surface area contributed by atoms with Crippen LogP contribution in [-0.4, -0.2) is 22.8 Å². The van der Waals surface area contributed by atoms with Crippen LogP contribution in [0.2, 0.25) is 10.0 Å². The SMILES string of the molecule is O=C(NC(=S)Nc1ccc(Cl)c(-c2nc3cc(Cl)ccc3o2)c1)c1ccc2c(c1)OCO2. The maximum atomic E-state index is 12.5. The van der Waals surface area contributed by atoms with Crippen LogP contribution in [0.5, 0.6) is 11.5 Å². The number of nitrogens with zero attached hydrogens (tertiary/aromatic N) is 1. The molecule has 32 heavy (non-hydrogen) atoms. The second-order valence-electron chi connectivity index (χ2n) is 6.80. The number of hydrogen-bond acceptors (Lipinski definition) is 6. The topological polar surface area (TPSA) is 85.6 Å². The number of hydrogen-bond donors (Lipinski definition) is 2. The predicted octanol–water partition coefficient (Wildman–Crippen LogP) is 5.66. The number of ether oxygens (including phenoxy) is 2. The number of oxazole rings is 1. The minimum Gasteiger partial charge on any atom is -0.454 e. The maximum Gasteiger partial charge on any atom is 0.257 e. The first-order chi connectivity index (χ1) is 15.5. The molecule has 0 radical (unpaired) electrons. The van der Waals surface area contributed by atoms with Gasteiger partial charge in [-0.25, -0.2) is 4.98 Å². The van der Waals surface area contributed by atoms with Gasteiger partial charge in [0.1, 0.15) is 5.52 Å². The molecule has 0 fully saturated rings. The summed E-state index contributed by atoms with van der Waals surface area (Å²) in [4.78, 5) is 17.0. The van der Waals surface area contributed by atoms with Crippen LogP contribution in [0.25, 0.3) is 22.6 Å². The highest BCUT2D eigenvalue weighted by atomic mass is 35.5. The molecule has 4 aromatic rings. The maximum absolute atomic E-state index is 12.5. The number of halogens is 2. The number of aromatic nitrogens is 1. The van der Waals surface area contributed by atoms with Crippen molar-refractivity contribution in [2.24, 2.45) is 0 Å². The second-order valence-corrected chi connectivity index (χ2v) is 8.05. The van der Waals surface area contributed by atoms with Crippen LogP contribution in [0.15, 0.2) is 59.0 Å². The summed E-state index contributed by atoms with van der Waals surface area (Å²) >= 11 is 17.7. The number of benzene rings is 3. The Bertz CT molecular complexity index is 1390. The third-order valence-electron chi connectivity index (χ3n) is 4.67. The fourth-order valence-electron chi connectivity index (χ4n) is 3.16. The Morgan fingerprint density at radius 1 is 1.00 bits per heavy atom. The average Bonchev–Trinajstić information content (AvgIpc) is 3.40. The molecule has 0 atom stereocenters. The van der Waals surface area contributed by atoms with Gasteiger partial charge in [0, 0.05) is 16.3 Å². The van der Waals surface area contributed by atoms with E-state index in [0.29, 0.717) is 55.3 Å². The zero-order valence-corrected chi connectivity index (χ0v) is 18.5. The van der Waals surface area contributed by atoms with Gasteiger partial charge >= 0.3 is 0 Å². The van der Waals surface area contributed by atoms with Crippen molar-refractivity contribution in [1.82, 2.24) is 10.3 Å². The molecule has 0 saturated carbocycles. The number of amides is 1. The Morgan fingerprint density at radius 3 is 2.72 bits per heavy atom. The van der Waals surface area contributed by atoms with Crippen molar-refractivity contribution in [2.45, 2.75) is 0 Å². The van der Waals surface area contributed by atoms with Gasteiger partial charge < -0.3 is 19.2 Å². The lowest BCUT2D eigenvalue weighted by atomic mass is 10.2. The summed E-state index contributed by atoms with van der Waals surface area (Å²) in [6, 6.07) is 15.2. The summed E-state index contributed by atoms with van der Waals surface area (Å²) in [5, 5.41) is 6.73. The highest BCUT2D eigenvalue weighted by Gasteiger charge is 2.17. The highest BCUT2D eigenvalue weighted by Crippen LogP contribution is 2.34. The molecule has 160 valence electrons. The van der Waals surface area contributed by atoms with Crippen LogP contribution in [0, 0.1) is 0 Å². The Kier molecular flexibility index (Phi) is 5.34. The normalized spacial score (nSPS) is 12.1. The third kappa shape index (κ3) is 4.08. The molecule has 1 amide bonds. The number of thiocarbonyl (C=S) groups is 1. The van der Waals surface area contributed by atoms with Crippen molar-refractivity contribution in [3.8, 4) is 23.0 Å². The fourth-order valence-corrected chi connectivity index (χ4v) is 3.73. The monoisotopic (exact) mass is 485 g/mol. The Labute approximate surface area is 197 Å². The molecule has 3 aromatic carbocycles. The van der Waals surface area contributed by atoms with Gasteiger partial charge in [-0.05, 0) is 66.8 Å². The minimum atomic E-state index is -0.384. The Balaban J connectivity index is 1.33. The summed E-state index contributed by atoms with van der Waals surface area (Å²) in [7, 11) is 0.